The van der Waals surface area contributed by atoms with Crippen LogP contribution in [0.15, 0.2) is 11.5 Å². The molecule has 0 aromatic heterocycles. The molecule has 0 amide bonds. The maximum atomic E-state index is 3.47. The molecule has 0 aliphatic carbocycles. The Morgan fingerprint density at radius 3 is 2.40 bits per heavy atom. The first-order valence-electron chi connectivity index (χ1n) is 1.39. The van der Waals surface area contributed by atoms with Gasteiger partial charge in [0.05, 0.1) is 0 Å². The predicted molar refractivity (Wildman–Crippen MR) is 28.0 cm³/mol. The van der Waals surface area contributed by atoms with Crippen molar-refractivity contribution in [3.05, 3.63) is 18.4 Å². The first kappa shape index (κ1) is 5.09. The van der Waals surface area contributed by atoms with Crippen molar-refractivity contribution in [3.8, 4) is 0 Å². The van der Waals surface area contributed by atoms with Crippen LogP contribution in [0.2, 0.25) is 0 Å². The van der Waals surface area contributed by atoms with Crippen LogP contribution in [0.4, 0.5) is 0 Å². The van der Waals surface area contributed by atoms with Crippen molar-refractivity contribution in [1.82, 2.24) is 0 Å². The van der Waals surface area contributed by atoms with Crippen molar-refractivity contribution < 1.29 is 0 Å². The minimum atomic E-state index is 1.66. The van der Waals surface area contributed by atoms with Crippen LogP contribution in [0.1, 0.15) is 0 Å². The summed E-state index contributed by atoms with van der Waals surface area (Å²) in [7, 11) is 0. The number of thioether (sulfide) groups is 1. The summed E-state index contributed by atoms with van der Waals surface area (Å²) < 4.78 is 0. The van der Waals surface area contributed by atoms with Crippen molar-refractivity contribution in [2.75, 3.05) is 6.26 Å². The molecular formula is C4H7S. The Balaban J connectivity index is 2.62. The van der Waals surface area contributed by atoms with Gasteiger partial charge in [-0.2, -0.15) is 0 Å². The summed E-state index contributed by atoms with van der Waals surface area (Å²) in [6.45, 7) is 3.47. The van der Waals surface area contributed by atoms with Crippen molar-refractivity contribution >= 4 is 11.8 Å². The molecule has 0 nitrogen and oxygen atoms in total. The number of hydrogen-bond donors (Lipinski definition) is 0. The summed E-state index contributed by atoms with van der Waals surface area (Å²) in [5.74, 6) is 0. The van der Waals surface area contributed by atoms with Crippen molar-refractivity contribution in [2.45, 2.75) is 0 Å². The molecule has 0 unspecified atom stereocenters. The van der Waals surface area contributed by atoms with Crippen molar-refractivity contribution in [3.63, 3.8) is 0 Å². The van der Waals surface area contributed by atoms with E-state index in [9.17, 15) is 0 Å². The lowest BCUT2D eigenvalue weighted by atomic mass is 10.8. The van der Waals surface area contributed by atoms with Gasteiger partial charge in [-0.05, 0) is 18.6 Å². The van der Waals surface area contributed by atoms with Gasteiger partial charge in [0.1, 0.15) is 0 Å². The molecule has 0 bridgehead atoms. The van der Waals surface area contributed by atoms with Crippen LogP contribution in [0.3, 0.4) is 0 Å². The van der Waals surface area contributed by atoms with Crippen LogP contribution >= 0.6 is 11.8 Å². The highest BCUT2D eigenvalue weighted by molar-refractivity contribution is 8.01. The number of allylic oxidation sites excluding steroid dienone is 1. The standard InChI is InChI=1S/C4H7S/c1-3-4-5-2/h3-4H,1H2,2H3/b4-3+. The fraction of sp³-hybridized carbons (Fsp3) is 0.250. The van der Waals surface area contributed by atoms with E-state index in [-0.39, 0.29) is 0 Å². The van der Waals surface area contributed by atoms with Gasteiger partial charge in [-0.15, -0.1) is 11.8 Å². The zero-order valence-electron chi connectivity index (χ0n) is 3.27. The van der Waals surface area contributed by atoms with E-state index in [1.807, 2.05) is 11.7 Å². The quantitative estimate of drug-likeness (QED) is 0.469. The van der Waals surface area contributed by atoms with Gasteiger partial charge < -0.3 is 0 Å². The van der Waals surface area contributed by atoms with Gasteiger partial charge in [-0.25, -0.2) is 0 Å². The van der Waals surface area contributed by atoms with Crippen molar-refractivity contribution in [1.29, 1.82) is 0 Å². The second-order valence-corrected chi connectivity index (χ2v) is 1.35. The molecule has 29 valence electrons. The van der Waals surface area contributed by atoms with E-state index in [2.05, 4.69) is 6.92 Å². The Kier molecular flexibility index (Phi) is 4.16. The maximum Gasteiger partial charge on any atom is -0.0142 e. The summed E-state index contributed by atoms with van der Waals surface area (Å²) in [6, 6.07) is 0. The zero-order chi connectivity index (χ0) is 4.12. The van der Waals surface area contributed by atoms with Gasteiger partial charge in [-0.3, -0.25) is 0 Å². The summed E-state index contributed by atoms with van der Waals surface area (Å²) in [4.78, 5) is 0. The third-order valence-electron chi connectivity index (χ3n) is 0.232. The maximum absolute atomic E-state index is 3.47. The molecule has 0 spiro atoms. The van der Waals surface area contributed by atoms with Crippen LogP contribution in [-0.4, -0.2) is 6.26 Å². The monoisotopic (exact) mass is 87.0 g/mol. The van der Waals surface area contributed by atoms with Gasteiger partial charge in [0.15, 0.2) is 0 Å². The van der Waals surface area contributed by atoms with E-state index in [1.165, 1.54) is 0 Å². The highest BCUT2D eigenvalue weighted by Crippen LogP contribution is 1.89. The van der Waals surface area contributed by atoms with Gasteiger partial charge >= 0.3 is 0 Å². The molecule has 0 heterocycles. The average molecular weight is 87.2 g/mol. The third-order valence-corrected chi connectivity index (χ3v) is 0.697. The molecule has 1 heteroatoms. The molecule has 0 aliphatic heterocycles. The fourth-order valence-electron chi connectivity index (χ4n) is 0.0962. The van der Waals surface area contributed by atoms with Crippen LogP contribution in [-0.2, 0) is 0 Å². The van der Waals surface area contributed by atoms with Crippen LogP contribution < -0.4 is 0 Å². The predicted octanol–water partition coefficient (Wildman–Crippen LogP) is 1.70. The van der Waals surface area contributed by atoms with E-state index in [0.717, 1.165) is 0 Å². The van der Waals surface area contributed by atoms with E-state index >= 15 is 0 Å². The summed E-state index contributed by atoms with van der Waals surface area (Å²) in [5, 5.41) is 1.93. The van der Waals surface area contributed by atoms with E-state index in [1.54, 1.807) is 17.8 Å². The number of hydrogen-bond acceptors (Lipinski definition) is 1. The lowest BCUT2D eigenvalue weighted by molar-refractivity contribution is 2.15. The zero-order valence-corrected chi connectivity index (χ0v) is 4.09. The summed E-state index contributed by atoms with van der Waals surface area (Å²) in [5.41, 5.74) is 0. The van der Waals surface area contributed by atoms with Gasteiger partial charge in [0.25, 0.3) is 0 Å². The molecule has 0 aromatic carbocycles. The first-order valence-corrected chi connectivity index (χ1v) is 2.67. The highest BCUT2D eigenvalue weighted by atomic mass is 32.2. The van der Waals surface area contributed by atoms with Crippen molar-refractivity contribution in [2.24, 2.45) is 0 Å². The van der Waals surface area contributed by atoms with E-state index in [0.29, 0.717) is 0 Å². The van der Waals surface area contributed by atoms with Crippen LogP contribution in [0.5, 0.6) is 0 Å². The minimum Gasteiger partial charge on any atom is -0.138 e. The van der Waals surface area contributed by atoms with E-state index < -0.39 is 0 Å². The lowest BCUT2D eigenvalue weighted by Gasteiger charge is -1.65. The summed E-state index contributed by atoms with van der Waals surface area (Å²) >= 11 is 1.66. The molecule has 0 atom stereocenters. The highest BCUT2D eigenvalue weighted by Gasteiger charge is 1.51. The molecular weight excluding hydrogens is 80.1 g/mol. The second-order valence-electron chi connectivity index (χ2n) is 0.607. The molecule has 0 aliphatic rings. The largest absolute Gasteiger partial charge is 0.138 e. The smallest absolute Gasteiger partial charge is 0.0142 e. The molecule has 5 heavy (non-hydrogen) atoms. The molecule has 0 saturated heterocycles. The van der Waals surface area contributed by atoms with Gasteiger partial charge in [0.2, 0.25) is 0 Å². The first-order chi connectivity index (χ1) is 2.41. The van der Waals surface area contributed by atoms with Crippen LogP contribution in [0.25, 0.3) is 0 Å². The molecule has 0 saturated carbocycles. The summed E-state index contributed by atoms with van der Waals surface area (Å²) in [6.07, 6.45) is 3.77. The SMILES string of the molecule is [CH2]/C=C/SC. The van der Waals surface area contributed by atoms with E-state index in [4.69, 9.17) is 0 Å². The fourth-order valence-corrected chi connectivity index (χ4v) is 0.289. The Morgan fingerprint density at radius 1 is 1.80 bits per heavy atom. The Labute approximate surface area is 37.3 Å². The van der Waals surface area contributed by atoms with Gasteiger partial charge in [0, 0.05) is 0 Å². The molecule has 0 N–H and O–H groups in total. The number of rotatable bonds is 1. The minimum absolute atomic E-state index is 1.66. The Hall–Kier alpha value is 0.0900. The molecule has 0 aromatic rings. The van der Waals surface area contributed by atoms with Crippen LogP contribution in [0, 0.1) is 6.92 Å². The third kappa shape index (κ3) is 4.09. The lowest BCUT2D eigenvalue weighted by Crippen LogP contribution is -1.35. The average Bonchev–Trinajstić information content (AvgIpc) is 1.41. The molecule has 0 rings (SSSR count). The van der Waals surface area contributed by atoms with Gasteiger partial charge in [-0.1, -0.05) is 6.08 Å². The normalized spacial score (nSPS) is 10.0. The Morgan fingerprint density at radius 2 is 2.40 bits per heavy atom. The molecule has 1 radical (unpaired) electrons. The Bertz CT molecular complexity index is 30.6. The molecule has 0 fully saturated rings. The second kappa shape index (κ2) is 4.09. The topological polar surface area (TPSA) is 0 Å².